The van der Waals surface area contributed by atoms with Crippen molar-refractivity contribution in [1.82, 2.24) is 4.98 Å². The summed E-state index contributed by atoms with van der Waals surface area (Å²) in [5, 5.41) is 3.05. The second kappa shape index (κ2) is 7.51. The number of hydrogen-bond donors (Lipinski definition) is 1. The normalized spacial score (nSPS) is 10.2. The first kappa shape index (κ1) is 18.0. The first-order chi connectivity index (χ1) is 11.4. The molecule has 24 heavy (non-hydrogen) atoms. The van der Waals surface area contributed by atoms with E-state index in [-0.39, 0.29) is 22.3 Å². The van der Waals surface area contributed by atoms with Crippen LogP contribution in [0.3, 0.4) is 0 Å². The molecule has 1 aromatic heterocycles. The smallest absolute Gasteiger partial charge is 0.358 e. The molecule has 0 aliphatic rings. The van der Waals surface area contributed by atoms with Crippen LogP contribution in [0.5, 0.6) is 5.75 Å². The van der Waals surface area contributed by atoms with E-state index in [1.165, 1.54) is 21.1 Å². The van der Waals surface area contributed by atoms with Crippen molar-refractivity contribution in [2.45, 2.75) is 6.92 Å². The highest BCUT2D eigenvalue weighted by atomic mass is 35.5. The number of pyridine rings is 1. The van der Waals surface area contributed by atoms with Gasteiger partial charge in [0.1, 0.15) is 5.75 Å². The van der Waals surface area contributed by atoms with Gasteiger partial charge < -0.3 is 14.8 Å². The molecule has 0 atom stereocenters. The molecule has 1 heterocycles. The lowest BCUT2D eigenvalue weighted by Crippen LogP contribution is -2.12. The average molecular weight is 369 g/mol. The van der Waals surface area contributed by atoms with Gasteiger partial charge in [-0.2, -0.15) is 0 Å². The number of rotatable bonds is 4. The minimum atomic E-state index is -0.721. The van der Waals surface area contributed by atoms with Crippen LogP contribution in [-0.4, -0.2) is 31.1 Å². The van der Waals surface area contributed by atoms with Crippen molar-refractivity contribution in [2.24, 2.45) is 0 Å². The summed E-state index contributed by atoms with van der Waals surface area (Å²) >= 11 is 12.1. The lowest BCUT2D eigenvalue weighted by atomic mass is 10.1. The molecular weight excluding hydrogens is 355 g/mol. The first-order valence-electron chi connectivity index (χ1n) is 6.77. The fourth-order valence-corrected chi connectivity index (χ4v) is 2.44. The van der Waals surface area contributed by atoms with Gasteiger partial charge in [0.2, 0.25) is 5.91 Å². The molecule has 2 aromatic rings. The zero-order valence-electron chi connectivity index (χ0n) is 13.1. The molecule has 0 bridgehead atoms. The lowest BCUT2D eigenvalue weighted by Gasteiger charge is -2.13. The predicted octanol–water partition coefficient (Wildman–Crippen LogP) is 3.81. The van der Waals surface area contributed by atoms with Crippen molar-refractivity contribution in [3.8, 4) is 17.0 Å². The maximum absolute atomic E-state index is 11.9. The van der Waals surface area contributed by atoms with Gasteiger partial charge in [0.15, 0.2) is 5.69 Å². The number of nitrogens with zero attached hydrogens (tertiary/aromatic N) is 1. The standard InChI is InChI=1S/C16H14Cl2N2O4/c1-8(21)19-12-7-11(20-15(14(12)18)16(22)24-3)10-5-4-9(17)6-13(10)23-2/h4-7H,1-3H3,(H,19,20,21). The van der Waals surface area contributed by atoms with Crippen LogP contribution >= 0.6 is 23.2 Å². The van der Waals surface area contributed by atoms with Crippen molar-refractivity contribution in [3.05, 3.63) is 40.0 Å². The second-order valence-electron chi connectivity index (χ2n) is 4.74. The third-order valence-corrected chi connectivity index (χ3v) is 3.70. The van der Waals surface area contributed by atoms with E-state index in [1.807, 2.05) is 0 Å². The number of benzene rings is 1. The molecule has 2 rings (SSSR count). The monoisotopic (exact) mass is 368 g/mol. The van der Waals surface area contributed by atoms with Crippen molar-refractivity contribution in [2.75, 3.05) is 19.5 Å². The number of anilines is 1. The Morgan fingerprint density at radius 2 is 1.88 bits per heavy atom. The molecular formula is C16H14Cl2N2O4. The van der Waals surface area contributed by atoms with Gasteiger partial charge in [-0.3, -0.25) is 4.79 Å². The molecule has 6 nitrogen and oxygen atoms in total. The molecule has 0 aliphatic carbocycles. The maximum atomic E-state index is 11.9. The molecule has 126 valence electrons. The number of methoxy groups -OCH3 is 2. The number of aromatic nitrogens is 1. The van der Waals surface area contributed by atoms with Crippen LogP contribution in [0, 0.1) is 0 Å². The highest BCUT2D eigenvalue weighted by molar-refractivity contribution is 6.36. The van der Waals surface area contributed by atoms with Crippen LogP contribution in [0.25, 0.3) is 11.3 Å². The van der Waals surface area contributed by atoms with Crippen molar-refractivity contribution in [3.63, 3.8) is 0 Å². The Balaban J connectivity index is 2.70. The Labute approximate surface area is 148 Å². The summed E-state index contributed by atoms with van der Waals surface area (Å²) in [5.74, 6) is -0.601. The summed E-state index contributed by atoms with van der Waals surface area (Å²) in [6, 6.07) is 6.51. The van der Waals surface area contributed by atoms with E-state index >= 15 is 0 Å². The Kier molecular flexibility index (Phi) is 5.64. The van der Waals surface area contributed by atoms with E-state index in [9.17, 15) is 9.59 Å². The van der Waals surface area contributed by atoms with Crippen LogP contribution < -0.4 is 10.1 Å². The number of hydrogen-bond acceptors (Lipinski definition) is 5. The van der Waals surface area contributed by atoms with Gasteiger partial charge in [0.25, 0.3) is 0 Å². The molecule has 1 N–H and O–H groups in total. The molecule has 0 unspecified atom stereocenters. The second-order valence-corrected chi connectivity index (χ2v) is 5.55. The van der Waals surface area contributed by atoms with Crippen molar-refractivity contribution < 1.29 is 19.1 Å². The molecule has 0 fully saturated rings. The molecule has 0 aliphatic heterocycles. The third-order valence-electron chi connectivity index (χ3n) is 3.09. The van der Waals surface area contributed by atoms with E-state index in [2.05, 4.69) is 10.3 Å². The van der Waals surface area contributed by atoms with Gasteiger partial charge in [0.05, 0.1) is 30.6 Å². The van der Waals surface area contributed by atoms with Crippen molar-refractivity contribution >= 4 is 40.8 Å². The van der Waals surface area contributed by atoms with Gasteiger partial charge in [-0.05, 0) is 24.3 Å². The van der Waals surface area contributed by atoms with Crippen molar-refractivity contribution in [1.29, 1.82) is 0 Å². The SMILES string of the molecule is COC(=O)c1nc(-c2ccc(Cl)cc2OC)cc(NC(C)=O)c1Cl. The summed E-state index contributed by atoms with van der Waals surface area (Å²) in [6.45, 7) is 1.33. The fraction of sp³-hybridized carbons (Fsp3) is 0.188. The van der Waals surface area contributed by atoms with Crippen LogP contribution in [0.15, 0.2) is 24.3 Å². The Hall–Kier alpha value is -2.31. The number of amides is 1. The van der Waals surface area contributed by atoms with Gasteiger partial charge in [-0.1, -0.05) is 23.2 Å². The molecule has 1 aromatic carbocycles. The summed E-state index contributed by atoms with van der Waals surface area (Å²) in [7, 11) is 2.70. The Bertz CT molecular complexity index is 809. The van der Waals surface area contributed by atoms with E-state index < -0.39 is 5.97 Å². The molecule has 1 amide bonds. The number of nitrogens with one attached hydrogen (secondary N) is 1. The van der Waals surface area contributed by atoms with E-state index in [0.717, 1.165) is 0 Å². The molecule has 0 saturated heterocycles. The number of carbonyl (C=O) groups is 2. The van der Waals surface area contributed by atoms with Crippen LogP contribution in [-0.2, 0) is 9.53 Å². The number of halogens is 2. The van der Waals surface area contributed by atoms with E-state index in [4.69, 9.17) is 32.7 Å². The summed E-state index contributed by atoms with van der Waals surface area (Å²) in [4.78, 5) is 27.6. The van der Waals surface area contributed by atoms with Gasteiger partial charge in [-0.15, -0.1) is 0 Å². The van der Waals surface area contributed by atoms with Crippen LogP contribution in [0.1, 0.15) is 17.4 Å². The maximum Gasteiger partial charge on any atom is 0.358 e. The number of carbonyl (C=O) groups excluding carboxylic acids is 2. The van der Waals surface area contributed by atoms with Gasteiger partial charge in [-0.25, -0.2) is 9.78 Å². The fourth-order valence-electron chi connectivity index (χ4n) is 2.06. The predicted molar refractivity (Wildman–Crippen MR) is 91.9 cm³/mol. The zero-order chi connectivity index (χ0) is 17.9. The lowest BCUT2D eigenvalue weighted by molar-refractivity contribution is -0.114. The molecule has 0 spiro atoms. The minimum Gasteiger partial charge on any atom is -0.496 e. The van der Waals surface area contributed by atoms with Crippen LogP contribution in [0.2, 0.25) is 10.0 Å². The van der Waals surface area contributed by atoms with Gasteiger partial charge >= 0.3 is 5.97 Å². The molecule has 0 saturated carbocycles. The summed E-state index contributed by atoms with van der Waals surface area (Å²) in [5.41, 5.74) is 1.08. The third kappa shape index (κ3) is 3.77. The minimum absolute atomic E-state index is 0.00581. The average Bonchev–Trinajstić information content (AvgIpc) is 2.55. The number of ether oxygens (including phenoxy) is 2. The first-order valence-corrected chi connectivity index (χ1v) is 7.53. The zero-order valence-corrected chi connectivity index (χ0v) is 14.7. The highest BCUT2D eigenvalue weighted by Gasteiger charge is 2.20. The summed E-state index contributed by atoms with van der Waals surface area (Å²) < 4.78 is 9.99. The quantitative estimate of drug-likeness (QED) is 0.830. The van der Waals surface area contributed by atoms with E-state index in [1.54, 1.807) is 24.3 Å². The molecule has 0 radical (unpaired) electrons. The van der Waals surface area contributed by atoms with Crippen LogP contribution in [0.4, 0.5) is 5.69 Å². The number of esters is 1. The largest absolute Gasteiger partial charge is 0.496 e. The topological polar surface area (TPSA) is 77.5 Å². The van der Waals surface area contributed by atoms with Gasteiger partial charge in [0, 0.05) is 17.5 Å². The summed E-state index contributed by atoms with van der Waals surface area (Å²) in [6.07, 6.45) is 0. The Morgan fingerprint density at radius 3 is 2.46 bits per heavy atom. The highest BCUT2D eigenvalue weighted by Crippen LogP contribution is 2.35. The Morgan fingerprint density at radius 1 is 1.17 bits per heavy atom. The van der Waals surface area contributed by atoms with E-state index in [0.29, 0.717) is 22.0 Å². The molecule has 8 heteroatoms.